The highest BCUT2D eigenvalue weighted by molar-refractivity contribution is 7.93. The van der Waals surface area contributed by atoms with Gasteiger partial charge in [0.15, 0.2) is 21.6 Å². The molecule has 0 aromatic heterocycles. The largest absolute Gasteiger partial charge is 0.624 e. The SMILES string of the molecule is O=S(=O)(c1ccccc1)[C@@H]1C(c2ccccc2)=[N+]([O-])C[C@H]1c1ccccc1. The number of sulfone groups is 1. The Morgan fingerprint density at radius 1 is 0.778 bits per heavy atom. The molecule has 0 amide bonds. The van der Waals surface area contributed by atoms with Crippen LogP contribution in [0.1, 0.15) is 17.0 Å². The van der Waals surface area contributed by atoms with Gasteiger partial charge in [0, 0.05) is 5.56 Å². The Balaban J connectivity index is 1.90. The van der Waals surface area contributed by atoms with Gasteiger partial charge in [0.25, 0.3) is 0 Å². The summed E-state index contributed by atoms with van der Waals surface area (Å²) < 4.78 is 28.0. The fourth-order valence-electron chi connectivity index (χ4n) is 3.72. The molecule has 0 aliphatic carbocycles. The molecule has 27 heavy (non-hydrogen) atoms. The number of hydroxylamine groups is 1. The smallest absolute Gasteiger partial charge is 0.214 e. The van der Waals surface area contributed by atoms with Crippen LogP contribution in [0, 0.1) is 5.21 Å². The van der Waals surface area contributed by atoms with Crippen molar-refractivity contribution in [1.82, 2.24) is 0 Å². The third kappa shape index (κ3) is 3.15. The molecule has 0 unspecified atom stereocenters. The summed E-state index contributed by atoms with van der Waals surface area (Å²) in [6.07, 6.45) is 0. The maximum atomic E-state index is 13.6. The molecule has 1 aliphatic rings. The molecule has 0 saturated carbocycles. The maximum absolute atomic E-state index is 13.6. The zero-order valence-corrected chi connectivity index (χ0v) is 15.4. The summed E-state index contributed by atoms with van der Waals surface area (Å²) >= 11 is 0. The summed E-state index contributed by atoms with van der Waals surface area (Å²) in [5, 5.41) is 11.9. The predicted octanol–water partition coefficient (Wildman–Crippen LogP) is 3.63. The fourth-order valence-corrected chi connectivity index (χ4v) is 5.78. The number of hydrogen-bond acceptors (Lipinski definition) is 3. The third-order valence-electron chi connectivity index (χ3n) is 4.97. The van der Waals surface area contributed by atoms with Crippen LogP contribution in [0.3, 0.4) is 0 Å². The van der Waals surface area contributed by atoms with Crippen molar-refractivity contribution in [3.8, 4) is 0 Å². The van der Waals surface area contributed by atoms with E-state index in [1.807, 2.05) is 48.5 Å². The van der Waals surface area contributed by atoms with Crippen molar-refractivity contribution in [3.05, 3.63) is 107 Å². The van der Waals surface area contributed by atoms with E-state index >= 15 is 0 Å². The van der Waals surface area contributed by atoms with Crippen LogP contribution in [0.4, 0.5) is 0 Å². The van der Waals surface area contributed by atoms with Crippen LogP contribution >= 0.6 is 0 Å². The molecule has 3 aromatic carbocycles. The van der Waals surface area contributed by atoms with Gasteiger partial charge in [-0.25, -0.2) is 13.2 Å². The number of nitrogens with zero attached hydrogens (tertiary/aromatic N) is 1. The average molecular weight is 377 g/mol. The molecule has 136 valence electrons. The molecule has 0 N–H and O–H groups in total. The van der Waals surface area contributed by atoms with Gasteiger partial charge >= 0.3 is 0 Å². The molecule has 0 bridgehead atoms. The Hall–Kier alpha value is -2.92. The fraction of sp³-hybridized carbons (Fsp3) is 0.136. The Morgan fingerprint density at radius 2 is 1.30 bits per heavy atom. The highest BCUT2D eigenvalue weighted by Gasteiger charge is 2.49. The summed E-state index contributed by atoms with van der Waals surface area (Å²) in [6.45, 7) is 0.116. The van der Waals surface area contributed by atoms with Crippen LogP contribution < -0.4 is 0 Å². The van der Waals surface area contributed by atoms with Crippen LogP contribution in [0.15, 0.2) is 95.9 Å². The average Bonchev–Trinajstić information content (AvgIpc) is 3.08. The van der Waals surface area contributed by atoms with Crippen molar-refractivity contribution in [1.29, 1.82) is 0 Å². The van der Waals surface area contributed by atoms with Gasteiger partial charge in [-0.3, -0.25) is 0 Å². The van der Waals surface area contributed by atoms with Crippen molar-refractivity contribution in [2.45, 2.75) is 16.1 Å². The first kappa shape index (κ1) is 17.5. The van der Waals surface area contributed by atoms with E-state index in [-0.39, 0.29) is 11.4 Å². The molecule has 4 nitrogen and oxygen atoms in total. The molecular formula is C22H19NO3S. The van der Waals surface area contributed by atoms with E-state index < -0.39 is 21.0 Å². The van der Waals surface area contributed by atoms with Crippen molar-refractivity contribution in [2.75, 3.05) is 6.54 Å². The summed E-state index contributed by atoms with van der Waals surface area (Å²) in [5.41, 5.74) is 1.82. The van der Waals surface area contributed by atoms with Gasteiger partial charge in [-0.05, 0) is 29.8 Å². The molecule has 0 radical (unpaired) electrons. The zero-order valence-electron chi connectivity index (χ0n) is 14.6. The van der Waals surface area contributed by atoms with Crippen LogP contribution in [0.2, 0.25) is 0 Å². The first-order valence-electron chi connectivity index (χ1n) is 8.80. The van der Waals surface area contributed by atoms with E-state index in [2.05, 4.69) is 0 Å². The van der Waals surface area contributed by atoms with E-state index in [0.29, 0.717) is 11.3 Å². The molecule has 0 fully saturated rings. The van der Waals surface area contributed by atoms with Gasteiger partial charge in [-0.2, -0.15) is 0 Å². The summed E-state index contributed by atoms with van der Waals surface area (Å²) in [6, 6.07) is 26.9. The molecule has 3 aromatic rings. The molecule has 2 atom stereocenters. The topological polar surface area (TPSA) is 60.2 Å². The zero-order chi connectivity index (χ0) is 18.9. The lowest BCUT2D eigenvalue weighted by atomic mass is 9.93. The molecule has 1 heterocycles. The Morgan fingerprint density at radius 3 is 1.89 bits per heavy atom. The first-order valence-corrected chi connectivity index (χ1v) is 10.3. The second-order valence-corrected chi connectivity index (χ2v) is 8.68. The molecular weight excluding hydrogens is 358 g/mol. The standard InChI is InChI=1S/C22H19NO3S/c24-23-16-20(17-10-4-1-5-11-17)22(21(23)18-12-6-2-7-13-18)27(25,26)19-14-8-3-9-15-19/h1-15,20,22H,16H2/t20-,22-/m0/s1. The second kappa shape index (κ2) is 7.00. The quantitative estimate of drug-likeness (QED) is 0.515. The minimum atomic E-state index is -3.74. The van der Waals surface area contributed by atoms with Gasteiger partial charge in [0.05, 0.1) is 10.8 Å². The van der Waals surface area contributed by atoms with Gasteiger partial charge in [-0.1, -0.05) is 66.7 Å². The van der Waals surface area contributed by atoms with Crippen molar-refractivity contribution < 1.29 is 13.2 Å². The number of rotatable bonds is 4. The first-order chi connectivity index (χ1) is 13.1. The van der Waals surface area contributed by atoms with Gasteiger partial charge in [-0.15, -0.1) is 0 Å². The van der Waals surface area contributed by atoms with E-state index in [1.165, 1.54) is 0 Å². The minimum Gasteiger partial charge on any atom is -0.624 e. The van der Waals surface area contributed by atoms with Crippen LogP contribution in [0.5, 0.6) is 0 Å². The molecule has 4 rings (SSSR count). The molecule has 5 heteroatoms. The normalized spacial score (nSPS) is 20.0. The second-order valence-electron chi connectivity index (χ2n) is 6.61. The lowest BCUT2D eigenvalue weighted by Crippen LogP contribution is -2.34. The van der Waals surface area contributed by atoms with E-state index in [0.717, 1.165) is 10.3 Å². The lowest BCUT2D eigenvalue weighted by molar-refractivity contribution is -0.450. The summed E-state index contributed by atoms with van der Waals surface area (Å²) in [5.74, 6) is -0.427. The van der Waals surface area contributed by atoms with E-state index in [1.54, 1.807) is 42.5 Å². The van der Waals surface area contributed by atoms with Gasteiger partial charge in [0.2, 0.25) is 5.71 Å². The molecule has 1 aliphatic heterocycles. The Labute approximate surface area is 158 Å². The van der Waals surface area contributed by atoms with Crippen molar-refractivity contribution in [2.24, 2.45) is 0 Å². The van der Waals surface area contributed by atoms with E-state index in [4.69, 9.17) is 0 Å². The number of benzene rings is 3. The van der Waals surface area contributed by atoms with Crippen molar-refractivity contribution in [3.63, 3.8) is 0 Å². The summed E-state index contributed by atoms with van der Waals surface area (Å²) in [7, 11) is -3.74. The lowest BCUT2D eigenvalue weighted by Gasteiger charge is -2.18. The monoisotopic (exact) mass is 377 g/mol. The predicted molar refractivity (Wildman–Crippen MR) is 106 cm³/mol. The maximum Gasteiger partial charge on any atom is 0.214 e. The number of hydrogen-bond donors (Lipinski definition) is 0. The highest BCUT2D eigenvalue weighted by atomic mass is 32.2. The highest BCUT2D eigenvalue weighted by Crippen LogP contribution is 2.35. The molecule has 0 saturated heterocycles. The van der Waals surface area contributed by atoms with Gasteiger partial charge < -0.3 is 5.21 Å². The third-order valence-corrected chi connectivity index (χ3v) is 7.12. The van der Waals surface area contributed by atoms with Crippen LogP contribution in [-0.4, -0.2) is 30.7 Å². The van der Waals surface area contributed by atoms with Crippen LogP contribution in [0.25, 0.3) is 0 Å². The van der Waals surface area contributed by atoms with E-state index in [9.17, 15) is 13.6 Å². The van der Waals surface area contributed by atoms with Gasteiger partial charge in [0.1, 0.15) is 0 Å². The minimum absolute atomic E-state index is 0.116. The Bertz CT molecular complexity index is 1060. The summed E-state index contributed by atoms with van der Waals surface area (Å²) in [4.78, 5) is 0.236. The Kier molecular flexibility index (Phi) is 4.54. The molecule has 0 spiro atoms. The van der Waals surface area contributed by atoms with Crippen LogP contribution in [-0.2, 0) is 9.84 Å². The van der Waals surface area contributed by atoms with Crippen molar-refractivity contribution >= 4 is 15.5 Å².